The molecule has 0 bridgehead atoms. The van der Waals surface area contributed by atoms with Gasteiger partial charge in [0.1, 0.15) is 5.75 Å². The van der Waals surface area contributed by atoms with Gasteiger partial charge in [-0.15, -0.1) is 0 Å². The molecule has 1 aliphatic carbocycles. The fourth-order valence-electron chi connectivity index (χ4n) is 1.69. The molecular formula is C11H9BrClNO2. The first-order valence-electron chi connectivity index (χ1n) is 4.75. The van der Waals surface area contributed by atoms with Crippen LogP contribution in [0.4, 0.5) is 0 Å². The number of ether oxygens (including phenoxy) is 1. The summed E-state index contributed by atoms with van der Waals surface area (Å²) in [6.07, 6.45) is 3.28. The molecule has 3 nitrogen and oxygen atoms in total. The van der Waals surface area contributed by atoms with Crippen LogP contribution in [0.2, 0.25) is 5.02 Å². The summed E-state index contributed by atoms with van der Waals surface area (Å²) in [5.41, 5.74) is 0.401. The molecule has 0 spiro atoms. The fourth-order valence-corrected chi connectivity index (χ4v) is 2.52. The van der Waals surface area contributed by atoms with Crippen molar-refractivity contribution in [3.8, 4) is 5.75 Å². The minimum Gasteiger partial charge on any atom is -0.496 e. The second-order valence-corrected chi connectivity index (χ2v) is 4.96. The Morgan fingerprint density at radius 1 is 1.56 bits per heavy atom. The van der Waals surface area contributed by atoms with Gasteiger partial charge in [0.25, 0.3) is 0 Å². The molecule has 0 aromatic heterocycles. The van der Waals surface area contributed by atoms with Crippen LogP contribution < -0.4 is 4.74 Å². The Kier molecular flexibility index (Phi) is 3.06. The molecule has 0 unspecified atom stereocenters. The first-order valence-corrected chi connectivity index (χ1v) is 5.92. The van der Waals surface area contributed by atoms with Crippen LogP contribution in [-0.2, 0) is 10.3 Å². The summed E-state index contributed by atoms with van der Waals surface area (Å²) in [6.45, 7) is 0. The number of carbonyl (C=O) groups excluding carboxylic acids is 1. The van der Waals surface area contributed by atoms with Crippen molar-refractivity contribution in [2.45, 2.75) is 18.4 Å². The summed E-state index contributed by atoms with van der Waals surface area (Å²) in [4.78, 5) is 14.2. The van der Waals surface area contributed by atoms with Crippen molar-refractivity contribution in [3.63, 3.8) is 0 Å². The number of benzene rings is 1. The third-order valence-electron chi connectivity index (χ3n) is 2.73. The van der Waals surface area contributed by atoms with E-state index in [4.69, 9.17) is 16.3 Å². The van der Waals surface area contributed by atoms with Gasteiger partial charge in [-0.05, 0) is 34.8 Å². The smallest absolute Gasteiger partial charge is 0.235 e. The molecule has 0 radical (unpaired) electrons. The molecule has 16 heavy (non-hydrogen) atoms. The van der Waals surface area contributed by atoms with Crippen LogP contribution in [-0.4, -0.2) is 13.2 Å². The first kappa shape index (κ1) is 11.6. The Morgan fingerprint density at radius 2 is 2.25 bits per heavy atom. The summed E-state index contributed by atoms with van der Waals surface area (Å²) < 4.78 is 5.94. The zero-order valence-corrected chi connectivity index (χ0v) is 10.9. The van der Waals surface area contributed by atoms with E-state index in [9.17, 15) is 4.79 Å². The Hall–Kier alpha value is -0.830. The predicted octanol–water partition coefficient (Wildman–Crippen LogP) is 3.44. The maximum atomic E-state index is 10.4. The highest BCUT2D eigenvalue weighted by molar-refractivity contribution is 9.10. The summed E-state index contributed by atoms with van der Waals surface area (Å²) in [7, 11) is 1.58. The molecule has 1 saturated carbocycles. The van der Waals surface area contributed by atoms with E-state index >= 15 is 0 Å². The van der Waals surface area contributed by atoms with Crippen LogP contribution in [0.1, 0.15) is 18.4 Å². The average Bonchev–Trinajstić information content (AvgIpc) is 3.02. The third-order valence-corrected chi connectivity index (χ3v) is 3.66. The van der Waals surface area contributed by atoms with Crippen molar-refractivity contribution in [2.24, 2.45) is 4.99 Å². The first-order chi connectivity index (χ1) is 7.63. The molecule has 1 aliphatic rings. The Balaban J connectivity index is 2.50. The van der Waals surface area contributed by atoms with E-state index in [1.54, 1.807) is 19.3 Å². The van der Waals surface area contributed by atoms with Gasteiger partial charge in [-0.2, -0.15) is 4.99 Å². The van der Waals surface area contributed by atoms with E-state index in [-0.39, 0.29) is 0 Å². The highest BCUT2D eigenvalue weighted by Gasteiger charge is 2.46. The number of methoxy groups -OCH3 is 1. The van der Waals surface area contributed by atoms with Gasteiger partial charge in [0.05, 0.1) is 17.1 Å². The van der Waals surface area contributed by atoms with Gasteiger partial charge in [0, 0.05) is 16.7 Å². The van der Waals surface area contributed by atoms with Crippen LogP contribution in [0.5, 0.6) is 5.75 Å². The van der Waals surface area contributed by atoms with Crippen LogP contribution >= 0.6 is 27.5 Å². The van der Waals surface area contributed by atoms with E-state index in [1.165, 1.54) is 0 Å². The standard InChI is InChI=1S/C11H9BrClNO2/c1-16-10-5-9(13)7(4-8(10)12)11(2-3-11)14-6-15/h4-5H,2-3H2,1H3. The molecule has 5 heteroatoms. The van der Waals surface area contributed by atoms with Crippen LogP contribution in [0, 0.1) is 0 Å². The van der Waals surface area contributed by atoms with Crippen molar-refractivity contribution >= 4 is 33.6 Å². The normalized spacial score (nSPS) is 16.4. The maximum absolute atomic E-state index is 10.4. The molecule has 84 valence electrons. The SMILES string of the molecule is COc1cc(Cl)c(C2(N=C=O)CC2)cc1Br. The molecule has 1 aromatic rings. The van der Waals surface area contributed by atoms with E-state index in [0.717, 1.165) is 22.9 Å². The van der Waals surface area contributed by atoms with E-state index in [1.807, 2.05) is 6.07 Å². The van der Waals surface area contributed by atoms with Crippen LogP contribution in [0.15, 0.2) is 21.6 Å². The number of nitrogens with zero attached hydrogens (tertiary/aromatic N) is 1. The van der Waals surface area contributed by atoms with E-state index in [2.05, 4.69) is 20.9 Å². The number of isocyanates is 1. The third kappa shape index (κ3) is 1.88. The van der Waals surface area contributed by atoms with Gasteiger partial charge in [-0.3, -0.25) is 0 Å². The van der Waals surface area contributed by atoms with Gasteiger partial charge in [-0.25, -0.2) is 4.79 Å². The van der Waals surface area contributed by atoms with Gasteiger partial charge in [0.15, 0.2) is 0 Å². The Bertz CT molecular complexity index is 479. The minimum absolute atomic E-state index is 0.451. The van der Waals surface area contributed by atoms with Crippen molar-refractivity contribution in [2.75, 3.05) is 7.11 Å². The summed E-state index contributed by atoms with van der Waals surface area (Å²) in [6, 6.07) is 3.58. The molecule has 0 N–H and O–H groups in total. The summed E-state index contributed by atoms with van der Waals surface area (Å²) >= 11 is 9.54. The fraction of sp³-hybridized carbons (Fsp3) is 0.364. The highest BCUT2D eigenvalue weighted by Crippen LogP contribution is 2.52. The summed E-state index contributed by atoms with van der Waals surface area (Å²) in [5.74, 6) is 0.666. The second kappa shape index (κ2) is 4.21. The van der Waals surface area contributed by atoms with Gasteiger partial charge < -0.3 is 4.74 Å². The minimum atomic E-state index is -0.451. The molecule has 2 rings (SSSR count). The Labute approximate surface area is 107 Å². The quantitative estimate of drug-likeness (QED) is 0.634. The van der Waals surface area contributed by atoms with E-state index in [0.29, 0.717) is 10.8 Å². The highest BCUT2D eigenvalue weighted by atomic mass is 79.9. The number of halogens is 2. The number of aliphatic imine (C=N–C) groups is 1. The van der Waals surface area contributed by atoms with Crippen LogP contribution in [0.25, 0.3) is 0 Å². The molecule has 1 fully saturated rings. The zero-order chi connectivity index (χ0) is 11.8. The van der Waals surface area contributed by atoms with Crippen molar-refractivity contribution in [1.82, 2.24) is 0 Å². The van der Waals surface area contributed by atoms with Gasteiger partial charge >= 0.3 is 0 Å². The maximum Gasteiger partial charge on any atom is 0.235 e. The van der Waals surface area contributed by atoms with Crippen molar-refractivity contribution in [3.05, 3.63) is 27.2 Å². The van der Waals surface area contributed by atoms with Gasteiger partial charge in [-0.1, -0.05) is 11.6 Å². The largest absolute Gasteiger partial charge is 0.496 e. The zero-order valence-electron chi connectivity index (χ0n) is 8.59. The topological polar surface area (TPSA) is 38.7 Å². The lowest BCUT2D eigenvalue weighted by Gasteiger charge is -2.13. The molecule has 0 atom stereocenters. The lowest BCUT2D eigenvalue weighted by atomic mass is 10.1. The number of rotatable bonds is 3. The Morgan fingerprint density at radius 3 is 2.75 bits per heavy atom. The molecule has 0 amide bonds. The molecule has 0 saturated heterocycles. The number of hydrogen-bond donors (Lipinski definition) is 0. The van der Waals surface area contributed by atoms with E-state index < -0.39 is 5.54 Å². The second-order valence-electron chi connectivity index (χ2n) is 3.70. The van der Waals surface area contributed by atoms with Gasteiger partial charge in [0.2, 0.25) is 6.08 Å². The molecule has 0 heterocycles. The lowest BCUT2D eigenvalue weighted by Crippen LogP contribution is -2.03. The number of hydrogen-bond acceptors (Lipinski definition) is 3. The predicted molar refractivity (Wildman–Crippen MR) is 64.7 cm³/mol. The van der Waals surface area contributed by atoms with Crippen molar-refractivity contribution < 1.29 is 9.53 Å². The molecule has 0 aliphatic heterocycles. The summed E-state index contributed by atoms with van der Waals surface area (Å²) in [5, 5.41) is 0.566. The molecular weight excluding hydrogens is 293 g/mol. The lowest BCUT2D eigenvalue weighted by molar-refractivity contribution is 0.412. The van der Waals surface area contributed by atoms with Crippen LogP contribution in [0.3, 0.4) is 0 Å². The molecule has 1 aromatic carbocycles. The monoisotopic (exact) mass is 301 g/mol. The van der Waals surface area contributed by atoms with Crippen molar-refractivity contribution in [1.29, 1.82) is 0 Å². The average molecular weight is 303 g/mol.